The molecule has 1 saturated heterocycles. The largest absolute Gasteiger partial charge is 0.394 e. The molecule has 1 aliphatic heterocycles. The van der Waals surface area contributed by atoms with Gasteiger partial charge in [-0.2, -0.15) is 0 Å². The van der Waals surface area contributed by atoms with Crippen molar-refractivity contribution in [1.29, 1.82) is 0 Å². The van der Waals surface area contributed by atoms with Gasteiger partial charge in [0.15, 0.2) is 6.29 Å². The highest BCUT2D eigenvalue weighted by Gasteiger charge is 2.68. The molecule has 4 saturated carbocycles. The zero-order chi connectivity index (χ0) is 24.6. The molecule has 5 rings (SSSR count). The Morgan fingerprint density at radius 1 is 0.941 bits per heavy atom. The maximum atomic E-state index is 11.3. The van der Waals surface area contributed by atoms with E-state index in [1.54, 1.807) is 0 Å². The van der Waals surface area contributed by atoms with Gasteiger partial charge >= 0.3 is 0 Å². The van der Waals surface area contributed by atoms with Crippen molar-refractivity contribution in [3.05, 3.63) is 12.2 Å². The Morgan fingerprint density at radius 2 is 1.68 bits per heavy atom. The first kappa shape index (κ1) is 25.1. The Morgan fingerprint density at radius 3 is 2.38 bits per heavy atom. The monoisotopic (exact) mass is 482 g/mol. The standard InChI is InChI=1S/C26H42O8/c1-13-14-4-5-17-24(2)8-7-18(28)25(3,16(24)6-9-26(17,10-14)22(13)32)12-33-23-21(31)20(30)19(29)15(11-27)34-23/h14-23,27-32H,1,4-12H2,2-3H3. The van der Waals surface area contributed by atoms with Crippen LogP contribution >= 0.6 is 0 Å². The van der Waals surface area contributed by atoms with Crippen molar-refractivity contribution in [2.75, 3.05) is 13.2 Å². The van der Waals surface area contributed by atoms with E-state index in [1.165, 1.54) is 0 Å². The molecule has 0 radical (unpaired) electrons. The summed E-state index contributed by atoms with van der Waals surface area (Å²) in [6.07, 6.45) is -1.24. The molecule has 8 heteroatoms. The molecule has 0 amide bonds. The van der Waals surface area contributed by atoms with Crippen LogP contribution < -0.4 is 0 Å². The lowest BCUT2D eigenvalue weighted by molar-refractivity contribution is -0.315. The van der Waals surface area contributed by atoms with Crippen molar-refractivity contribution < 1.29 is 40.1 Å². The van der Waals surface area contributed by atoms with Crippen LogP contribution in [0.25, 0.3) is 0 Å². The van der Waals surface area contributed by atoms with Crippen molar-refractivity contribution in [1.82, 2.24) is 0 Å². The van der Waals surface area contributed by atoms with Crippen molar-refractivity contribution in [2.45, 2.75) is 102 Å². The van der Waals surface area contributed by atoms with Crippen LogP contribution in [0.15, 0.2) is 12.2 Å². The third kappa shape index (κ3) is 3.33. The van der Waals surface area contributed by atoms with Gasteiger partial charge in [-0.25, -0.2) is 0 Å². The lowest BCUT2D eigenvalue weighted by Crippen LogP contribution is -2.64. The van der Waals surface area contributed by atoms with E-state index >= 15 is 0 Å². The van der Waals surface area contributed by atoms with Crippen molar-refractivity contribution in [3.8, 4) is 0 Å². The summed E-state index contributed by atoms with van der Waals surface area (Å²) in [5, 5.41) is 62.6. The summed E-state index contributed by atoms with van der Waals surface area (Å²) < 4.78 is 11.6. The van der Waals surface area contributed by atoms with E-state index in [0.717, 1.165) is 44.1 Å². The van der Waals surface area contributed by atoms with E-state index in [1.807, 2.05) is 6.92 Å². The molecule has 194 valence electrons. The number of aliphatic hydroxyl groups is 6. The minimum Gasteiger partial charge on any atom is -0.394 e. The lowest BCUT2D eigenvalue weighted by Gasteiger charge is -2.65. The SMILES string of the molecule is C=C1C2CCC3C4(C)CCC(O)C(C)(COC5OC(CO)C(O)C(O)C5O)C4CCC3(C2)C1O. The van der Waals surface area contributed by atoms with Crippen molar-refractivity contribution >= 4 is 0 Å². The molecule has 0 aromatic heterocycles. The first-order valence-electron chi connectivity index (χ1n) is 13.0. The number of aliphatic hydroxyl groups excluding tert-OH is 6. The average molecular weight is 483 g/mol. The molecule has 13 atom stereocenters. The van der Waals surface area contributed by atoms with E-state index in [-0.39, 0.29) is 23.4 Å². The second-order valence-corrected chi connectivity index (χ2v) is 12.4. The molecule has 13 unspecified atom stereocenters. The van der Waals surface area contributed by atoms with Gasteiger partial charge in [-0.15, -0.1) is 0 Å². The first-order chi connectivity index (χ1) is 16.0. The van der Waals surface area contributed by atoms with Crippen LogP contribution in [0, 0.1) is 34.0 Å². The van der Waals surface area contributed by atoms with Gasteiger partial charge in [-0.3, -0.25) is 0 Å². The molecule has 34 heavy (non-hydrogen) atoms. The zero-order valence-corrected chi connectivity index (χ0v) is 20.3. The topological polar surface area (TPSA) is 140 Å². The third-order valence-corrected chi connectivity index (χ3v) is 11.0. The van der Waals surface area contributed by atoms with Crippen LogP contribution in [0.2, 0.25) is 0 Å². The van der Waals surface area contributed by atoms with Crippen LogP contribution in [-0.2, 0) is 9.47 Å². The zero-order valence-electron chi connectivity index (χ0n) is 20.3. The number of ether oxygens (including phenoxy) is 2. The van der Waals surface area contributed by atoms with E-state index < -0.39 is 54.9 Å². The van der Waals surface area contributed by atoms with Crippen molar-refractivity contribution in [3.63, 3.8) is 0 Å². The fourth-order valence-corrected chi connectivity index (χ4v) is 9.06. The van der Waals surface area contributed by atoms with Gasteiger partial charge in [0.05, 0.1) is 25.4 Å². The van der Waals surface area contributed by atoms with Gasteiger partial charge in [-0.05, 0) is 73.7 Å². The van der Waals surface area contributed by atoms with Gasteiger partial charge in [0.2, 0.25) is 0 Å². The number of rotatable bonds is 4. The van der Waals surface area contributed by atoms with E-state index in [2.05, 4.69) is 13.5 Å². The fourth-order valence-electron chi connectivity index (χ4n) is 9.06. The molecule has 5 aliphatic rings. The predicted molar refractivity (Wildman–Crippen MR) is 122 cm³/mol. The van der Waals surface area contributed by atoms with Crippen LogP contribution in [-0.4, -0.2) is 86.8 Å². The molecule has 1 spiro atoms. The van der Waals surface area contributed by atoms with Crippen LogP contribution in [0.1, 0.15) is 58.8 Å². The summed E-state index contributed by atoms with van der Waals surface area (Å²) in [7, 11) is 0. The van der Waals surface area contributed by atoms with Gasteiger partial charge in [0.25, 0.3) is 0 Å². The maximum Gasteiger partial charge on any atom is 0.186 e. The molecule has 4 aliphatic carbocycles. The molecular weight excluding hydrogens is 440 g/mol. The number of hydrogen-bond donors (Lipinski definition) is 6. The second kappa shape index (κ2) is 8.48. The highest BCUT2D eigenvalue weighted by atomic mass is 16.7. The number of fused-ring (bicyclic) bond motifs is 3. The molecular formula is C26H42O8. The maximum absolute atomic E-state index is 11.3. The van der Waals surface area contributed by atoms with Gasteiger partial charge in [-0.1, -0.05) is 20.4 Å². The van der Waals surface area contributed by atoms with E-state index in [4.69, 9.17) is 9.47 Å². The molecule has 0 aromatic rings. The first-order valence-corrected chi connectivity index (χ1v) is 13.0. The quantitative estimate of drug-likeness (QED) is 0.322. The Labute approximate surface area is 201 Å². The summed E-state index contributed by atoms with van der Waals surface area (Å²) in [6.45, 7) is 8.22. The number of hydrogen-bond acceptors (Lipinski definition) is 8. The Bertz CT molecular complexity index is 804. The van der Waals surface area contributed by atoms with E-state index in [0.29, 0.717) is 18.3 Å². The minimum atomic E-state index is -1.49. The van der Waals surface area contributed by atoms with Crippen molar-refractivity contribution in [2.24, 2.45) is 34.0 Å². The average Bonchev–Trinajstić information content (AvgIpc) is 2.99. The molecule has 0 aromatic carbocycles. The van der Waals surface area contributed by atoms with Crippen LogP contribution in [0.5, 0.6) is 0 Å². The molecule has 2 bridgehead atoms. The normalized spacial score (nSPS) is 57.2. The predicted octanol–water partition coefficient (Wildman–Crippen LogP) is 0.714. The second-order valence-electron chi connectivity index (χ2n) is 12.4. The summed E-state index contributed by atoms with van der Waals surface area (Å²) in [5.41, 5.74) is 0.216. The Balaban J connectivity index is 1.38. The van der Waals surface area contributed by atoms with Crippen LogP contribution in [0.3, 0.4) is 0 Å². The van der Waals surface area contributed by atoms with Gasteiger partial charge in [0, 0.05) is 10.8 Å². The summed E-state index contributed by atoms with van der Waals surface area (Å²) in [5.74, 6) is 0.923. The summed E-state index contributed by atoms with van der Waals surface area (Å²) in [4.78, 5) is 0. The summed E-state index contributed by atoms with van der Waals surface area (Å²) in [6, 6.07) is 0. The van der Waals surface area contributed by atoms with Gasteiger partial charge in [0.1, 0.15) is 24.4 Å². The molecule has 8 nitrogen and oxygen atoms in total. The highest BCUT2D eigenvalue weighted by molar-refractivity contribution is 5.27. The Hall–Kier alpha value is -0.580. The fraction of sp³-hybridized carbons (Fsp3) is 0.923. The minimum absolute atomic E-state index is 0.0679. The molecule has 1 heterocycles. The lowest BCUT2D eigenvalue weighted by atomic mass is 9.40. The summed E-state index contributed by atoms with van der Waals surface area (Å²) >= 11 is 0. The van der Waals surface area contributed by atoms with Crippen LogP contribution in [0.4, 0.5) is 0 Å². The molecule has 6 N–H and O–H groups in total. The third-order valence-electron chi connectivity index (χ3n) is 11.0. The van der Waals surface area contributed by atoms with Gasteiger partial charge < -0.3 is 40.1 Å². The smallest absolute Gasteiger partial charge is 0.186 e. The Kier molecular flexibility index (Phi) is 6.26. The van der Waals surface area contributed by atoms with E-state index in [9.17, 15) is 30.6 Å². The molecule has 5 fully saturated rings. The highest BCUT2D eigenvalue weighted by Crippen LogP contribution is 2.72.